The lowest BCUT2D eigenvalue weighted by Crippen LogP contribution is -2.38. The molecule has 21 heavy (non-hydrogen) atoms. The van der Waals surface area contributed by atoms with E-state index in [1.807, 2.05) is 24.4 Å². The van der Waals surface area contributed by atoms with E-state index in [0.717, 1.165) is 17.2 Å². The molecule has 0 radical (unpaired) electrons. The lowest BCUT2D eigenvalue weighted by molar-refractivity contribution is 0.222. The Morgan fingerprint density at radius 1 is 1.33 bits per heavy atom. The zero-order valence-electron chi connectivity index (χ0n) is 13.3. The Bertz CT molecular complexity index is 619. The van der Waals surface area contributed by atoms with Crippen LogP contribution in [0.5, 0.6) is 0 Å². The Morgan fingerprint density at radius 3 is 2.71 bits per heavy atom. The molecule has 1 fully saturated rings. The highest BCUT2D eigenvalue weighted by Crippen LogP contribution is 2.38. The van der Waals surface area contributed by atoms with E-state index in [1.165, 1.54) is 25.7 Å². The van der Waals surface area contributed by atoms with Crippen molar-refractivity contribution in [1.82, 2.24) is 9.38 Å². The van der Waals surface area contributed by atoms with E-state index in [2.05, 4.69) is 30.2 Å². The van der Waals surface area contributed by atoms with Gasteiger partial charge in [-0.05, 0) is 43.2 Å². The zero-order valence-corrected chi connectivity index (χ0v) is 13.3. The molecule has 4 nitrogen and oxygen atoms in total. The zero-order chi connectivity index (χ0) is 15.0. The first-order chi connectivity index (χ1) is 10.0. The van der Waals surface area contributed by atoms with Gasteiger partial charge in [-0.2, -0.15) is 0 Å². The number of hydrogen-bond donors (Lipinski definition) is 1. The average molecular weight is 286 g/mol. The average Bonchev–Trinajstić information content (AvgIpc) is 2.85. The molecule has 4 heteroatoms. The predicted octanol–water partition coefficient (Wildman–Crippen LogP) is 3.20. The summed E-state index contributed by atoms with van der Waals surface area (Å²) < 4.78 is 2.11. The second-order valence-electron chi connectivity index (χ2n) is 7.02. The van der Waals surface area contributed by atoms with Gasteiger partial charge < -0.3 is 15.0 Å². The molecular formula is C17H26N4. The van der Waals surface area contributed by atoms with Crippen molar-refractivity contribution in [1.29, 1.82) is 0 Å². The van der Waals surface area contributed by atoms with Gasteiger partial charge in [-0.1, -0.05) is 19.9 Å². The molecule has 1 aliphatic rings. The SMILES string of the molecule is CN(c1nc2ccccn2c1CN)C1CCC(C)(C)CC1. The third kappa shape index (κ3) is 2.64. The Balaban J connectivity index is 1.89. The van der Waals surface area contributed by atoms with Crippen LogP contribution in [-0.4, -0.2) is 22.5 Å². The van der Waals surface area contributed by atoms with Crippen LogP contribution in [0.3, 0.4) is 0 Å². The van der Waals surface area contributed by atoms with E-state index in [-0.39, 0.29) is 0 Å². The third-order valence-electron chi connectivity index (χ3n) is 4.99. The molecule has 0 aromatic carbocycles. The quantitative estimate of drug-likeness (QED) is 0.942. The number of rotatable bonds is 3. The van der Waals surface area contributed by atoms with E-state index in [0.29, 0.717) is 18.0 Å². The fourth-order valence-electron chi connectivity index (χ4n) is 3.45. The van der Waals surface area contributed by atoms with Crippen LogP contribution in [0.4, 0.5) is 5.82 Å². The molecule has 0 aliphatic heterocycles. The molecule has 2 aromatic heterocycles. The summed E-state index contributed by atoms with van der Waals surface area (Å²) in [6, 6.07) is 6.67. The van der Waals surface area contributed by atoms with Crippen LogP contribution in [0.15, 0.2) is 24.4 Å². The van der Waals surface area contributed by atoms with E-state index in [9.17, 15) is 0 Å². The summed E-state index contributed by atoms with van der Waals surface area (Å²) in [6.07, 6.45) is 7.09. The van der Waals surface area contributed by atoms with Gasteiger partial charge in [-0.25, -0.2) is 4.98 Å². The minimum atomic E-state index is 0.493. The van der Waals surface area contributed by atoms with E-state index >= 15 is 0 Å². The summed E-state index contributed by atoms with van der Waals surface area (Å²) in [4.78, 5) is 7.16. The number of aromatic nitrogens is 2. The standard InChI is InChI=1S/C17H26N4/c1-17(2)9-7-13(8-10-17)20(3)16-14(12-18)21-11-5-4-6-15(21)19-16/h4-6,11,13H,7-10,12,18H2,1-3H3. The van der Waals surface area contributed by atoms with Crippen molar-refractivity contribution in [2.75, 3.05) is 11.9 Å². The van der Waals surface area contributed by atoms with Crippen LogP contribution in [-0.2, 0) is 6.54 Å². The van der Waals surface area contributed by atoms with Crippen LogP contribution in [0.2, 0.25) is 0 Å². The number of nitrogens with two attached hydrogens (primary N) is 1. The van der Waals surface area contributed by atoms with E-state index < -0.39 is 0 Å². The van der Waals surface area contributed by atoms with E-state index in [1.54, 1.807) is 0 Å². The van der Waals surface area contributed by atoms with Gasteiger partial charge in [0.15, 0.2) is 5.82 Å². The van der Waals surface area contributed by atoms with Crippen LogP contribution in [0.1, 0.15) is 45.2 Å². The number of hydrogen-bond acceptors (Lipinski definition) is 3. The summed E-state index contributed by atoms with van der Waals surface area (Å²) in [5.41, 5.74) is 8.57. The fraction of sp³-hybridized carbons (Fsp3) is 0.588. The second-order valence-corrected chi connectivity index (χ2v) is 7.02. The Kier molecular flexibility index (Phi) is 3.66. The van der Waals surface area contributed by atoms with Crippen LogP contribution in [0.25, 0.3) is 5.65 Å². The third-order valence-corrected chi connectivity index (χ3v) is 4.99. The van der Waals surface area contributed by atoms with Crippen molar-refractivity contribution in [3.63, 3.8) is 0 Å². The molecule has 0 amide bonds. The van der Waals surface area contributed by atoms with Crippen molar-refractivity contribution >= 4 is 11.5 Å². The highest BCUT2D eigenvalue weighted by molar-refractivity contribution is 5.56. The number of pyridine rings is 1. The number of imidazole rings is 1. The van der Waals surface area contributed by atoms with Gasteiger partial charge >= 0.3 is 0 Å². The number of nitrogens with zero attached hydrogens (tertiary/aromatic N) is 3. The van der Waals surface area contributed by atoms with Crippen molar-refractivity contribution in [2.45, 2.75) is 52.1 Å². The highest BCUT2D eigenvalue weighted by atomic mass is 15.2. The minimum Gasteiger partial charge on any atom is -0.355 e. The van der Waals surface area contributed by atoms with E-state index in [4.69, 9.17) is 10.7 Å². The van der Waals surface area contributed by atoms with Crippen molar-refractivity contribution in [3.05, 3.63) is 30.1 Å². The molecule has 2 aromatic rings. The summed E-state index contributed by atoms with van der Waals surface area (Å²) >= 11 is 0. The molecule has 1 saturated carbocycles. The normalized spacial score (nSPS) is 19.0. The number of fused-ring (bicyclic) bond motifs is 1. The molecular weight excluding hydrogens is 260 g/mol. The smallest absolute Gasteiger partial charge is 0.152 e. The van der Waals surface area contributed by atoms with Crippen molar-refractivity contribution in [2.24, 2.45) is 11.1 Å². The van der Waals surface area contributed by atoms with Crippen LogP contribution in [0, 0.1) is 5.41 Å². The molecule has 3 rings (SSSR count). The maximum absolute atomic E-state index is 5.98. The molecule has 0 saturated heterocycles. The van der Waals surface area contributed by atoms with Gasteiger partial charge in [0.1, 0.15) is 5.65 Å². The van der Waals surface area contributed by atoms with Gasteiger partial charge in [0.25, 0.3) is 0 Å². The minimum absolute atomic E-state index is 0.493. The Morgan fingerprint density at radius 2 is 2.05 bits per heavy atom. The Hall–Kier alpha value is -1.55. The van der Waals surface area contributed by atoms with Crippen molar-refractivity contribution < 1.29 is 0 Å². The second kappa shape index (κ2) is 5.34. The summed E-state index contributed by atoms with van der Waals surface area (Å²) in [6.45, 7) is 5.27. The first kappa shape index (κ1) is 14.4. The van der Waals surface area contributed by atoms with Crippen LogP contribution >= 0.6 is 0 Å². The van der Waals surface area contributed by atoms with Gasteiger partial charge in [-0.3, -0.25) is 0 Å². The molecule has 2 N–H and O–H groups in total. The van der Waals surface area contributed by atoms with Gasteiger partial charge in [-0.15, -0.1) is 0 Å². The molecule has 0 spiro atoms. The van der Waals surface area contributed by atoms with Crippen molar-refractivity contribution in [3.8, 4) is 0 Å². The summed E-state index contributed by atoms with van der Waals surface area (Å²) in [5, 5.41) is 0. The molecule has 0 bridgehead atoms. The Labute approximate surface area is 127 Å². The fourth-order valence-corrected chi connectivity index (χ4v) is 3.45. The maximum atomic E-state index is 5.98. The molecule has 0 unspecified atom stereocenters. The molecule has 0 atom stereocenters. The summed E-state index contributed by atoms with van der Waals surface area (Å²) in [7, 11) is 2.17. The maximum Gasteiger partial charge on any atom is 0.152 e. The number of anilines is 1. The lowest BCUT2D eigenvalue weighted by Gasteiger charge is -2.39. The molecule has 1 aliphatic carbocycles. The largest absolute Gasteiger partial charge is 0.355 e. The van der Waals surface area contributed by atoms with Gasteiger partial charge in [0.05, 0.1) is 5.69 Å². The highest BCUT2D eigenvalue weighted by Gasteiger charge is 2.30. The monoisotopic (exact) mass is 286 g/mol. The molecule has 114 valence electrons. The first-order valence-electron chi connectivity index (χ1n) is 7.91. The lowest BCUT2D eigenvalue weighted by atomic mass is 9.75. The van der Waals surface area contributed by atoms with Gasteiger partial charge in [0, 0.05) is 25.8 Å². The molecule has 2 heterocycles. The van der Waals surface area contributed by atoms with Crippen LogP contribution < -0.4 is 10.6 Å². The first-order valence-corrected chi connectivity index (χ1v) is 7.91. The summed E-state index contributed by atoms with van der Waals surface area (Å²) in [5.74, 6) is 1.05. The van der Waals surface area contributed by atoms with Gasteiger partial charge in [0.2, 0.25) is 0 Å². The predicted molar refractivity (Wildman–Crippen MR) is 87.5 cm³/mol. The topological polar surface area (TPSA) is 46.6 Å².